The van der Waals surface area contributed by atoms with Gasteiger partial charge in [-0.15, -0.1) is 0 Å². The van der Waals surface area contributed by atoms with E-state index >= 15 is 0 Å². The summed E-state index contributed by atoms with van der Waals surface area (Å²) in [6.45, 7) is 5.35. The Bertz CT molecular complexity index is 1190. The maximum Gasteiger partial charge on any atom is 0.245 e. The number of piperidine rings is 1. The smallest absolute Gasteiger partial charge is 0.245 e. The lowest BCUT2D eigenvalue weighted by Crippen LogP contribution is -2.54. The first-order valence-electron chi connectivity index (χ1n) is 13.0. The number of likely N-dealkylation sites (tertiary alicyclic amines) is 1. The van der Waals surface area contributed by atoms with Crippen molar-refractivity contribution in [1.29, 1.82) is 0 Å². The fourth-order valence-electron chi connectivity index (χ4n) is 4.92. The SMILES string of the molecule is CC1CCCC(C)N1CC(=O)NC(COCc1ccccc1)C(=O)NCc1ccc2c(N)nccc2c1. The summed E-state index contributed by atoms with van der Waals surface area (Å²) in [5, 5.41) is 7.71. The second-order valence-corrected chi connectivity index (χ2v) is 9.89. The summed E-state index contributed by atoms with van der Waals surface area (Å²) < 4.78 is 5.85. The van der Waals surface area contributed by atoms with Gasteiger partial charge in [-0.25, -0.2) is 4.98 Å². The van der Waals surface area contributed by atoms with Crippen LogP contribution in [-0.4, -0.2) is 53.0 Å². The summed E-state index contributed by atoms with van der Waals surface area (Å²) >= 11 is 0. The minimum absolute atomic E-state index is 0.0809. The lowest BCUT2D eigenvalue weighted by molar-refractivity contribution is -0.132. The topological polar surface area (TPSA) is 110 Å². The van der Waals surface area contributed by atoms with Gasteiger partial charge in [-0.2, -0.15) is 0 Å². The highest BCUT2D eigenvalue weighted by molar-refractivity contribution is 5.91. The number of amides is 2. The lowest BCUT2D eigenvalue weighted by atomic mass is 9.97. The summed E-state index contributed by atoms with van der Waals surface area (Å²) in [5.74, 6) is 0.0250. The minimum atomic E-state index is -0.799. The second kappa shape index (κ2) is 12.7. The highest BCUT2D eigenvalue weighted by Crippen LogP contribution is 2.22. The number of benzene rings is 2. The maximum atomic E-state index is 13.2. The predicted molar refractivity (Wildman–Crippen MR) is 146 cm³/mol. The molecule has 2 aromatic carbocycles. The van der Waals surface area contributed by atoms with Gasteiger partial charge in [0.25, 0.3) is 0 Å². The van der Waals surface area contributed by atoms with Gasteiger partial charge in [0.1, 0.15) is 11.9 Å². The zero-order chi connectivity index (χ0) is 26.2. The maximum absolute atomic E-state index is 13.2. The number of ether oxygens (including phenoxy) is 1. The fourth-order valence-corrected chi connectivity index (χ4v) is 4.92. The first-order valence-corrected chi connectivity index (χ1v) is 13.0. The number of carbonyl (C=O) groups is 2. The average Bonchev–Trinajstić information content (AvgIpc) is 2.89. The quantitative estimate of drug-likeness (QED) is 0.391. The van der Waals surface area contributed by atoms with Gasteiger partial charge in [0.2, 0.25) is 11.8 Å². The van der Waals surface area contributed by atoms with Crippen LogP contribution in [0.2, 0.25) is 0 Å². The number of fused-ring (bicyclic) bond motifs is 1. The summed E-state index contributed by atoms with van der Waals surface area (Å²) in [7, 11) is 0. The highest BCUT2D eigenvalue weighted by Gasteiger charge is 2.28. The summed E-state index contributed by atoms with van der Waals surface area (Å²) in [5.41, 5.74) is 7.89. The van der Waals surface area contributed by atoms with Crippen LogP contribution in [0.1, 0.15) is 44.2 Å². The number of hydrogen-bond donors (Lipinski definition) is 3. The molecule has 3 unspecified atom stereocenters. The van der Waals surface area contributed by atoms with Gasteiger partial charge in [-0.3, -0.25) is 14.5 Å². The first kappa shape index (κ1) is 26.6. The van der Waals surface area contributed by atoms with Crippen molar-refractivity contribution in [3.63, 3.8) is 0 Å². The molecule has 0 radical (unpaired) electrons. The van der Waals surface area contributed by atoms with E-state index in [0.29, 0.717) is 31.1 Å². The van der Waals surface area contributed by atoms with Crippen LogP contribution in [0.3, 0.4) is 0 Å². The van der Waals surface area contributed by atoms with Crippen LogP contribution >= 0.6 is 0 Å². The van der Waals surface area contributed by atoms with Gasteiger partial charge in [0.05, 0.1) is 19.8 Å². The van der Waals surface area contributed by atoms with Crippen molar-refractivity contribution >= 4 is 28.4 Å². The standard InChI is InChI=1S/C29H37N5O3/c1-20-7-6-8-21(2)34(20)17-27(35)33-26(19-37-18-22-9-4-3-5-10-22)29(36)32-16-23-11-12-25-24(15-23)13-14-31-28(25)30/h3-5,9-15,20-21,26H,6-8,16-19H2,1-2H3,(H2,30,31)(H,32,36)(H,33,35). The van der Waals surface area contributed by atoms with E-state index in [1.165, 1.54) is 6.42 Å². The van der Waals surface area contributed by atoms with Crippen molar-refractivity contribution in [3.8, 4) is 0 Å². The fraction of sp³-hybridized carbons (Fsp3) is 0.414. The van der Waals surface area contributed by atoms with E-state index in [-0.39, 0.29) is 25.0 Å². The summed E-state index contributed by atoms with van der Waals surface area (Å²) in [4.78, 5) is 32.5. The lowest BCUT2D eigenvalue weighted by Gasteiger charge is -2.38. The third-order valence-electron chi connectivity index (χ3n) is 7.08. The van der Waals surface area contributed by atoms with E-state index < -0.39 is 6.04 Å². The molecule has 3 atom stereocenters. The molecule has 1 aromatic heterocycles. The average molecular weight is 504 g/mol. The number of hydrogen-bond acceptors (Lipinski definition) is 6. The van der Waals surface area contributed by atoms with E-state index in [1.807, 2.05) is 54.6 Å². The van der Waals surface area contributed by atoms with Crippen LogP contribution in [-0.2, 0) is 27.5 Å². The molecular formula is C29H37N5O3. The van der Waals surface area contributed by atoms with E-state index in [0.717, 1.165) is 34.7 Å². The molecule has 4 N–H and O–H groups in total. The molecule has 3 aromatic rings. The summed E-state index contributed by atoms with van der Waals surface area (Å²) in [6, 6.07) is 17.3. The Morgan fingerprint density at radius 2 is 1.84 bits per heavy atom. The molecule has 1 fully saturated rings. The zero-order valence-corrected chi connectivity index (χ0v) is 21.7. The molecule has 37 heavy (non-hydrogen) atoms. The number of pyridine rings is 1. The Labute approximate surface area is 218 Å². The Hall–Kier alpha value is -3.49. The molecule has 2 amide bonds. The molecule has 1 aliphatic rings. The monoisotopic (exact) mass is 503 g/mol. The molecule has 0 saturated carbocycles. The van der Waals surface area contributed by atoms with Crippen LogP contribution in [0, 0.1) is 0 Å². The van der Waals surface area contributed by atoms with Gasteiger partial charge in [-0.05, 0) is 55.3 Å². The molecule has 0 aliphatic carbocycles. The largest absolute Gasteiger partial charge is 0.383 e. The first-order chi connectivity index (χ1) is 17.9. The molecule has 0 bridgehead atoms. The van der Waals surface area contributed by atoms with Gasteiger partial charge in [0.15, 0.2) is 0 Å². The van der Waals surface area contributed by atoms with Crippen LogP contribution in [0.25, 0.3) is 10.8 Å². The Morgan fingerprint density at radius 3 is 2.59 bits per heavy atom. The molecule has 0 spiro atoms. The molecule has 1 aliphatic heterocycles. The Morgan fingerprint density at radius 1 is 1.08 bits per heavy atom. The molecule has 1 saturated heterocycles. The van der Waals surface area contributed by atoms with Crippen LogP contribution < -0.4 is 16.4 Å². The molecule has 4 rings (SSSR count). The predicted octanol–water partition coefficient (Wildman–Crippen LogP) is 3.40. The van der Waals surface area contributed by atoms with Crippen molar-refractivity contribution < 1.29 is 14.3 Å². The van der Waals surface area contributed by atoms with Gasteiger partial charge in [0, 0.05) is 30.2 Å². The molecular weight excluding hydrogens is 466 g/mol. The normalized spacial score (nSPS) is 18.9. The molecule has 8 heteroatoms. The number of nitrogens with one attached hydrogen (secondary N) is 2. The Balaban J connectivity index is 1.39. The summed E-state index contributed by atoms with van der Waals surface area (Å²) in [6.07, 6.45) is 5.00. The number of nitrogen functional groups attached to an aromatic ring is 1. The van der Waals surface area contributed by atoms with Crippen molar-refractivity contribution in [3.05, 3.63) is 71.9 Å². The van der Waals surface area contributed by atoms with Crippen molar-refractivity contribution in [1.82, 2.24) is 20.5 Å². The van der Waals surface area contributed by atoms with Crippen LogP contribution in [0.15, 0.2) is 60.8 Å². The van der Waals surface area contributed by atoms with Crippen LogP contribution in [0.5, 0.6) is 0 Å². The van der Waals surface area contributed by atoms with Crippen molar-refractivity contribution in [2.24, 2.45) is 0 Å². The number of nitrogens with zero attached hydrogens (tertiary/aromatic N) is 2. The van der Waals surface area contributed by atoms with Crippen molar-refractivity contribution in [2.75, 3.05) is 18.9 Å². The van der Waals surface area contributed by atoms with Gasteiger partial charge < -0.3 is 21.1 Å². The van der Waals surface area contributed by atoms with Gasteiger partial charge >= 0.3 is 0 Å². The molecule has 196 valence electrons. The van der Waals surface area contributed by atoms with E-state index in [2.05, 4.69) is 34.4 Å². The third-order valence-corrected chi connectivity index (χ3v) is 7.08. The second-order valence-electron chi connectivity index (χ2n) is 9.89. The third kappa shape index (κ3) is 7.27. The number of rotatable bonds is 10. The van der Waals surface area contributed by atoms with Gasteiger partial charge in [-0.1, -0.05) is 48.9 Å². The van der Waals surface area contributed by atoms with E-state index in [4.69, 9.17) is 10.5 Å². The van der Waals surface area contributed by atoms with E-state index in [1.54, 1.807) is 6.20 Å². The van der Waals surface area contributed by atoms with E-state index in [9.17, 15) is 9.59 Å². The highest BCUT2D eigenvalue weighted by atomic mass is 16.5. The minimum Gasteiger partial charge on any atom is -0.383 e. The van der Waals surface area contributed by atoms with Crippen molar-refractivity contribution in [2.45, 2.75) is 64.4 Å². The zero-order valence-electron chi connectivity index (χ0n) is 21.7. The molecule has 2 heterocycles. The number of nitrogens with two attached hydrogens (primary N) is 1. The number of aromatic nitrogens is 1. The number of anilines is 1. The molecule has 8 nitrogen and oxygen atoms in total. The number of carbonyl (C=O) groups excluding carboxylic acids is 2. The van der Waals surface area contributed by atoms with Crippen LogP contribution in [0.4, 0.5) is 5.82 Å². The Kier molecular flexibility index (Phi) is 9.09.